The number of anilines is 1. The van der Waals surface area contributed by atoms with E-state index in [0.29, 0.717) is 18.0 Å². The van der Waals surface area contributed by atoms with E-state index in [1.54, 1.807) is 15.9 Å². The van der Waals surface area contributed by atoms with Crippen LogP contribution in [0.15, 0.2) is 53.9 Å². The van der Waals surface area contributed by atoms with Gasteiger partial charge >= 0.3 is 0 Å². The summed E-state index contributed by atoms with van der Waals surface area (Å²) < 4.78 is 1.78. The topological polar surface area (TPSA) is 72.2 Å². The molecule has 0 unspecified atom stereocenters. The molecule has 1 fully saturated rings. The average molecular weight is 404 g/mol. The van der Waals surface area contributed by atoms with Crippen LogP contribution in [0.5, 0.6) is 0 Å². The lowest BCUT2D eigenvalue weighted by molar-refractivity contribution is -0.117. The van der Waals surface area contributed by atoms with Crippen LogP contribution >= 0.6 is 11.3 Å². The third-order valence-electron chi connectivity index (χ3n) is 5.42. The zero-order valence-electron chi connectivity index (χ0n) is 15.9. The van der Waals surface area contributed by atoms with Gasteiger partial charge in [0.2, 0.25) is 5.91 Å². The highest BCUT2D eigenvalue weighted by Gasteiger charge is 2.18. The van der Waals surface area contributed by atoms with Crippen LogP contribution in [-0.4, -0.2) is 25.7 Å². The van der Waals surface area contributed by atoms with Crippen molar-refractivity contribution in [2.45, 2.75) is 32.1 Å². The molecular formula is C22H21N5OS. The SMILES string of the molecule is O=C(CC1CCCC1)Nc1ccc(-c2ccc3nnc(-c4cccs4)n3n2)cc1. The van der Waals surface area contributed by atoms with Crippen molar-refractivity contribution in [3.63, 3.8) is 0 Å². The molecule has 1 amide bonds. The van der Waals surface area contributed by atoms with Gasteiger partial charge in [-0.05, 0) is 54.5 Å². The highest BCUT2D eigenvalue weighted by atomic mass is 32.1. The van der Waals surface area contributed by atoms with Gasteiger partial charge < -0.3 is 5.32 Å². The average Bonchev–Trinajstić information content (AvgIpc) is 3.49. The molecule has 3 heterocycles. The summed E-state index contributed by atoms with van der Waals surface area (Å²) in [7, 11) is 0. The summed E-state index contributed by atoms with van der Waals surface area (Å²) in [6.07, 6.45) is 5.49. The Kier molecular flexibility index (Phi) is 4.81. The fourth-order valence-electron chi connectivity index (χ4n) is 3.92. The van der Waals surface area contributed by atoms with Crippen LogP contribution in [-0.2, 0) is 4.79 Å². The zero-order chi connectivity index (χ0) is 19.6. The van der Waals surface area contributed by atoms with Gasteiger partial charge in [-0.15, -0.1) is 21.5 Å². The van der Waals surface area contributed by atoms with Crippen molar-refractivity contribution in [1.82, 2.24) is 19.8 Å². The second kappa shape index (κ2) is 7.75. The van der Waals surface area contributed by atoms with E-state index in [-0.39, 0.29) is 5.91 Å². The number of hydrogen-bond donors (Lipinski definition) is 1. The first kappa shape index (κ1) is 18.0. The monoisotopic (exact) mass is 403 g/mol. The Morgan fingerprint density at radius 3 is 2.66 bits per heavy atom. The third-order valence-corrected chi connectivity index (χ3v) is 6.28. The van der Waals surface area contributed by atoms with Crippen LogP contribution in [0.3, 0.4) is 0 Å². The van der Waals surface area contributed by atoms with Crippen LogP contribution in [0.4, 0.5) is 5.69 Å². The zero-order valence-corrected chi connectivity index (χ0v) is 16.7. The fraction of sp³-hybridized carbons (Fsp3) is 0.273. The van der Waals surface area contributed by atoms with Gasteiger partial charge in [0.1, 0.15) is 0 Å². The number of fused-ring (bicyclic) bond motifs is 1. The molecule has 7 heteroatoms. The molecule has 5 rings (SSSR count). The number of carbonyl (C=O) groups excluding carboxylic acids is 1. The maximum absolute atomic E-state index is 12.3. The Hall–Kier alpha value is -3.06. The highest BCUT2D eigenvalue weighted by molar-refractivity contribution is 7.13. The third kappa shape index (κ3) is 3.78. The molecule has 0 aliphatic heterocycles. The van der Waals surface area contributed by atoms with Crippen molar-refractivity contribution in [2.24, 2.45) is 5.92 Å². The van der Waals surface area contributed by atoms with E-state index >= 15 is 0 Å². The van der Waals surface area contributed by atoms with Gasteiger partial charge in [-0.3, -0.25) is 4.79 Å². The first-order chi connectivity index (χ1) is 14.3. The number of nitrogens with one attached hydrogen (secondary N) is 1. The molecule has 3 aromatic heterocycles. The summed E-state index contributed by atoms with van der Waals surface area (Å²) in [4.78, 5) is 13.3. The largest absolute Gasteiger partial charge is 0.326 e. The van der Waals surface area contributed by atoms with Crippen molar-refractivity contribution in [3.05, 3.63) is 53.9 Å². The smallest absolute Gasteiger partial charge is 0.224 e. The minimum absolute atomic E-state index is 0.106. The first-order valence-corrected chi connectivity index (χ1v) is 10.8. The molecule has 29 heavy (non-hydrogen) atoms. The van der Waals surface area contributed by atoms with E-state index < -0.39 is 0 Å². The molecular weight excluding hydrogens is 382 g/mol. The number of rotatable bonds is 5. The molecule has 0 atom stereocenters. The lowest BCUT2D eigenvalue weighted by Crippen LogP contribution is -2.15. The van der Waals surface area contributed by atoms with Gasteiger partial charge in [-0.1, -0.05) is 31.0 Å². The summed E-state index contributed by atoms with van der Waals surface area (Å²) >= 11 is 1.61. The first-order valence-electron chi connectivity index (χ1n) is 9.93. The minimum atomic E-state index is 0.106. The molecule has 1 N–H and O–H groups in total. The van der Waals surface area contributed by atoms with Crippen LogP contribution < -0.4 is 5.32 Å². The minimum Gasteiger partial charge on any atom is -0.326 e. The number of benzene rings is 1. The van der Waals surface area contributed by atoms with Crippen LogP contribution in [0, 0.1) is 5.92 Å². The predicted octanol–water partition coefficient (Wildman–Crippen LogP) is 5.04. The van der Waals surface area contributed by atoms with Crippen molar-refractivity contribution in [2.75, 3.05) is 5.32 Å². The molecule has 6 nitrogen and oxygen atoms in total. The summed E-state index contributed by atoms with van der Waals surface area (Å²) in [6, 6.07) is 15.7. The molecule has 4 aromatic rings. The lowest BCUT2D eigenvalue weighted by atomic mass is 10.0. The lowest BCUT2D eigenvalue weighted by Gasteiger charge is -2.10. The second-order valence-corrected chi connectivity index (χ2v) is 8.42. The van der Waals surface area contributed by atoms with E-state index in [2.05, 4.69) is 15.5 Å². The van der Waals surface area contributed by atoms with Crippen molar-refractivity contribution in [1.29, 1.82) is 0 Å². The van der Waals surface area contributed by atoms with Crippen LogP contribution in [0.25, 0.3) is 27.6 Å². The van der Waals surface area contributed by atoms with Crippen LogP contribution in [0.1, 0.15) is 32.1 Å². The Labute approximate surface area is 172 Å². The fourth-order valence-corrected chi connectivity index (χ4v) is 4.61. The van der Waals surface area contributed by atoms with E-state index in [0.717, 1.165) is 27.6 Å². The van der Waals surface area contributed by atoms with Gasteiger partial charge in [0, 0.05) is 17.7 Å². The van der Waals surface area contributed by atoms with Crippen molar-refractivity contribution >= 4 is 28.6 Å². The number of amides is 1. The summed E-state index contributed by atoms with van der Waals surface area (Å²) in [6.45, 7) is 0. The second-order valence-electron chi connectivity index (χ2n) is 7.47. The Bertz CT molecular complexity index is 1130. The van der Waals surface area contributed by atoms with Gasteiger partial charge in [0.25, 0.3) is 0 Å². The summed E-state index contributed by atoms with van der Waals surface area (Å²) in [5.41, 5.74) is 3.35. The van der Waals surface area contributed by atoms with E-state index in [4.69, 9.17) is 5.10 Å². The molecule has 1 saturated carbocycles. The highest BCUT2D eigenvalue weighted by Crippen LogP contribution is 2.28. The van der Waals surface area contributed by atoms with Gasteiger partial charge in [0.05, 0.1) is 10.6 Å². The van der Waals surface area contributed by atoms with E-state index in [1.165, 1.54) is 25.7 Å². The Morgan fingerprint density at radius 2 is 1.90 bits per heavy atom. The molecule has 1 aliphatic rings. The van der Waals surface area contributed by atoms with E-state index in [9.17, 15) is 4.79 Å². The van der Waals surface area contributed by atoms with E-state index in [1.807, 2.05) is 53.9 Å². The molecule has 0 radical (unpaired) electrons. The maximum atomic E-state index is 12.3. The quantitative estimate of drug-likeness (QED) is 0.507. The molecule has 0 bridgehead atoms. The summed E-state index contributed by atoms with van der Waals surface area (Å²) in [5, 5.41) is 18.2. The summed E-state index contributed by atoms with van der Waals surface area (Å²) in [5.74, 6) is 1.40. The molecule has 0 saturated heterocycles. The van der Waals surface area contributed by atoms with Crippen molar-refractivity contribution in [3.8, 4) is 22.0 Å². The number of nitrogens with zero attached hydrogens (tertiary/aromatic N) is 4. The number of thiophene rings is 1. The van der Waals surface area contributed by atoms with Gasteiger partial charge in [-0.2, -0.15) is 9.61 Å². The molecule has 1 aliphatic carbocycles. The van der Waals surface area contributed by atoms with Gasteiger partial charge in [-0.25, -0.2) is 0 Å². The number of carbonyl (C=O) groups is 1. The Balaban J connectivity index is 1.35. The van der Waals surface area contributed by atoms with Crippen LogP contribution in [0.2, 0.25) is 0 Å². The predicted molar refractivity (Wildman–Crippen MR) is 115 cm³/mol. The Morgan fingerprint density at radius 1 is 1.07 bits per heavy atom. The molecule has 0 spiro atoms. The van der Waals surface area contributed by atoms with Crippen molar-refractivity contribution < 1.29 is 4.79 Å². The van der Waals surface area contributed by atoms with Gasteiger partial charge in [0.15, 0.2) is 11.5 Å². The number of aromatic nitrogens is 4. The molecule has 1 aromatic carbocycles. The number of hydrogen-bond acceptors (Lipinski definition) is 5. The normalized spacial score (nSPS) is 14.5. The molecule has 146 valence electrons. The maximum Gasteiger partial charge on any atom is 0.224 e. The standard InChI is InChI=1S/C22H21N5OS/c28-21(14-15-4-1-2-5-15)23-17-9-7-16(8-10-17)18-11-12-20-24-25-22(27(20)26-18)19-6-3-13-29-19/h3,6-13,15H,1-2,4-5,14H2,(H,23,28).